The van der Waals surface area contributed by atoms with E-state index in [0.29, 0.717) is 24.2 Å². The van der Waals surface area contributed by atoms with Crippen LogP contribution in [0.1, 0.15) is 13.3 Å². The van der Waals surface area contributed by atoms with Crippen molar-refractivity contribution in [1.82, 2.24) is 29.7 Å². The summed E-state index contributed by atoms with van der Waals surface area (Å²) in [4.78, 5) is 18.9. The highest BCUT2D eigenvalue weighted by Crippen LogP contribution is 2.19. The van der Waals surface area contributed by atoms with E-state index in [4.69, 9.17) is 0 Å². The van der Waals surface area contributed by atoms with Crippen molar-refractivity contribution in [2.75, 3.05) is 13.6 Å². The van der Waals surface area contributed by atoms with Crippen molar-refractivity contribution in [3.05, 3.63) is 48.2 Å². The molecule has 2 aromatic heterocycles. The number of aromatic nitrogens is 4. The van der Waals surface area contributed by atoms with Crippen LogP contribution in [0.4, 0.5) is 0 Å². The number of fused-ring (bicyclic) bond motifs is 1. The molecule has 0 saturated carbocycles. The number of imidazole rings is 1. The molecule has 2 aromatic rings. The van der Waals surface area contributed by atoms with Crippen LogP contribution in [0.2, 0.25) is 0 Å². The molecule has 0 aromatic carbocycles. The molecular formula is C16H18N8O. The van der Waals surface area contributed by atoms with Crippen molar-refractivity contribution in [3.63, 3.8) is 0 Å². The molecule has 0 aliphatic carbocycles. The van der Waals surface area contributed by atoms with Crippen LogP contribution in [0.15, 0.2) is 48.0 Å². The van der Waals surface area contributed by atoms with E-state index in [1.807, 2.05) is 18.9 Å². The molecule has 128 valence electrons. The third-order valence-corrected chi connectivity index (χ3v) is 4.39. The summed E-state index contributed by atoms with van der Waals surface area (Å²) >= 11 is 0. The minimum absolute atomic E-state index is 0.0891. The number of rotatable bonds is 2. The summed E-state index contributed by atoms with van der Waals surface area (Å²) in [7, 11) is 1.97. The summed E-state index contributed by atoms with van der Waals surface area (Å²) in [6.45, 7) is 2.69. The van der Waals surface area contributed by atoms with Crippen LogP contribution >= 0.6 is 0 Å². The van der Waals surface area contributed by atoms with Crippen LogP contribution in [-0.2, 0) is 0 Å². The molecule has 0 bridgehead atoms. The van der Waals surface area contributed by atoms with Gasteiger partial charge in [0.05, 0.1) is 18.3 Å². The Balaban J connectivity index is 1.75. The second kappa shape index (κ2) is 6.00. The zero-order valence-corrected chi connectivity index (χ0v) is 14.0. The fourth-order valence-corrected chi connectivity index (χ4v) is 3.02. The van der Waals surface area contributed by atoms with Gasteiger partial charge in [-0.3, -0.25) is 4.74 Å². The number of nitrogens with zero attached hydrogens (tertiary/aromatic N) is 7. The van der Waals surface area contributed by atoms with E-state index in [1.165, 1.54) is 6.33 Å². The monoisotopic (exact) mass is 338 g/mol. The van der Waals surface area contributed by atoms with Gasteiger partial charge in [-0.25, -0.2) is 24.8 Å². The van der Waals surface area contributed by atoms with E-state index in [0.717, 1.165) is 22.4 Å². The Morgan fingerprint density at radius 2 is 2.16 bits per heavy atom. The Morgan fingerprint density at radius 1 is 1.36 bits per heavy atom. The van der Waals surface area contributed by atoms with Gasteiger partial charge in [0, 0.05) is 31.8 Å². The summed E-state index contributed by atoms with van der Waals surface area (Å²) < 4.78 is 2.82. The molecule has 1 atom stereocenters. The van der Waals surface area contributed by atoms with Gasteiger partial charge in [-0.1, -0.05) is 6.92 Å². The van der Waals surface area contributed by atoms with Gasteiger partial charge in [-0.15, -0.1) is 0 Å². The van der Waals surface area contributed by atoms with Gasteiger partial charge < -0.3 is 10.1 Å². The van der Waals surface area contributed by atoms with Crippen molar-refractivity contribution in [2.45, 2.75) is 19.4 Å². The van der Waals surface area contributed by atoms with E-state index < -0.39 is 0 Å². The van der Waals surface area contributed by atoms with Crippen LogP contribution in [-0.4, -0.2) is 60.6 Å². The molecular weight excluding hydrogens is 320 g/mol. The second-order valence-corrected chi connectivity index (χ2v) is 5.96. The predicted octanol–water partition coefficient (Wildman–Crippen LogP) is 0.622. The Labute approximate surface area is 144 Å². The molecule has 0 spiro atoms. The van der Waals surface area contributed by atoms with Crippen LogP contribution in [0.3, 0.4) is 0 Å². The third-order valence-electron chi connectivity index (χ3n) is 4.39. The van der Waals surface area contributed by atoms with Crippen LogP contribution in [0.5, 0.6) is 0 Å². The summed E-state index contributed by atoms with van der Waals surface area (Å²) in [6, 6.07) is -0.0891. The quantitative estimate of drug-likeness (QED) is 0.637. The maximum Gasteiger partial charge on any atom is 0.306 e. The van der Waals surface area contributed by atoms with Gasteiger partial charge in [0.15, 0.2) is 5.82 Å². The minimum atomic E-state index is -0.0891. The normalized spacial score (nSPS) is 19.9. The number of hydrogen-bond acceptors (Lipinski definition) is 7. The number of nitrogens with one attached hydrogen (secondary N) is 1. The average Bonchev–Trinajstić information content (AvgIpc) is 3.15. The van der Waals surface area contributed by atoms with Gasteiger partial charge in [0.25, 0.3) is 0 Å². The Kier molecular flexibility index (Phi) is 3.68. The van der Waals surface area contributed by atoms with E-state index in [1.54, 1.807) is 35.6 Å². The fourth-order valence-electron chi connectivity index (χ4n) is 3.02. The van der Waals surface area contributed by atoms with E-state index in [2.05, 4.69) is 25.3 Å². The van der Waals surface area contributed by atoms with Gasteiger partial charge in [-0.2, -0.15) is 4.99 Å². The van der Waals surface area contributed by atoms with Gasteiger partial charge in [0.1, 0.15) is 18.1 Å². The molecule has 1 N–H and O–H groups in total. The van der Waals surface area contributed by atoms with Gasteiger partial charge in [0.2, 0.25) is 0 Å². The van der Waals surface area contributed by atoms with Crippen LogP contribution < -0.4 is 5.32 Å². The molecule has 2 aliphatic rings. The van der Waals surface area contributed by atoms with Crippen molar-refractivity contribution in [3.8, 4) is 11.4 Å². The lowest BCUT2D eigenvalue weighted by Crippen LogP contribution is -2.54. The summed E-state index contributed by atoms with van der Waals surface area (Å²) in [6.07, 6.45) is 10.8. The summed E-state index contributed by atoms with van der Waals surface area (Å²) in [5, 5.41) is 15.8. The maximum absolute atomic E-state index is 12.7. The van der Waals surface area contributed by atoms with Crippen molar-refractivity contribution in [2.24, 2.45) is 4.99 Å². The molecule has 1 unspecified atom stereocenters. The van der Waals surface area contributed by atoms with E-state index in [9.17, 15) is 5.21 Å². The first kappa shape index (κ1) is 15.3. The lowest BCUT2D eigenvalue weighted by molar-refractivity contribution is -0.508. The highest BCUT2D eigenvalue weighted by atomic mass is 16.5. The molecule has 0 radical (unpaired) electrons. The van der Waals surface area contributed by atoms with Crippen molar-refractivity contribution >= 4 is 11.8 Å². The second-order valence-electron chi connectivity index (χ2n) is 5.96. The molecule has 0 saturated heterocycles. The number of hydroxylamine groups is 1. The third kappa shape index (κ3) is 2.53. The minimum Gasteiger partial charge on any atom is -0.715 e. The first-order chi connectivity index (χ1) is 12.2. The SMILES string of the molecule is CCC1CN(C)C2=CN=C(n3ccnc3-c3cncnc3)NC2=[N+]1[O-]. The van der Waals surface area contributed by atoms with Crippen molar-refractivity contribution < 1.29 is 4.74 Å². The number of hydrogen-bond donors (Lipinski definition) is 1. The number of likely N-dealkylation sites (N-methyl/N-ethyl adjacent to an activating group) is 1. The molecule has 25 heavy (non-hydrogen) atoms. The first-order valence-corrected chi connectivity index (χ1v) is 8.08. The highest BCUT2D eigenvalue weighted by molar-refractivity contribution is 6.09. The van der Waals surface area contributed by atoms with Crippen molar-refractivity contribution in [1.29, 1.82) is 0 Å². The zero-order valence-electron chi connectivity index (χ0n) is 14.0. The molecule has 4 heterocycles. The van der Waals surface area contributed by atoms with Crippen LogP contribution in [0.25, 0.3) is 11.4 Å². The number of aliphatic imine (C=N–C) groups is 1. The maximum atomic E-state index is 12.7. The van der Waals surface area contributed by atoms with E-state index in [-0.39, 0.29) is 6.04 Å². The standard InChI is InChI=1S/C16H18N8O/c1-3-12-9-22(2)13-8-20-16(21-15(13)24(12)25)23-5-4-19-14(23)11-6-17-10-18-7-11/h4-8,10,12H,3,9H2,1-2H3,(H,20,21). The summed E-state index contributed by atoms with van der Waals surface area (Å²) in [5.74, 6) is 1.67. The zero-order chi connectivity index (χ0) is 17.4. The largest absolute Gasteiger partial charge is 0.715 e. The molecule has 0 amide bonds. The number of amidine groups is 1. The molecule has 9 heteroatoms. The molecule has 2 aliphatic heterocycles. The van der Waals surface area contributed by atoms with Crippen LogP contribution in [0, 0.1) is 5.21 Å². The Bertz CT molecular complexity index is 883. The summed E-state index contributed by atoms with van der Waals surface area (Å²) in [5.41, 5.74) is 1.55. The fraction of sp³-hybridized carbons (Fsp3) is 0.312. The lowest BCUT2D eigenvalue weighted by atomic mass is 10.1. The van der Waals surface area contributed by atoms with Gasteiger partial charge >= 0.3 is 11.8 Å². The lowest BCUT2D eigenvalue weighted by Gasteiger charge is -2.36. The Morgan fingerprint density at radius 3 is 2.92 bits per heavy atom. The molecule has 0 fully saturated rings. The van der Waals surface area contributed by atoms with E-state index >= 15 is 0 Å². The topological polar surface area (TPSA) is 97.3 Å². The smallest absolute Gasteiger partial charge is 0.306 e. The first-order valence-electron chi connectivity index (χ1n) is 8.08. The molecule has 4 rings (SSSR count). The Hall–Kier alpha value is -3.23. The highest BCUT2D eigenvalue weighted by Gasteiger charge is 2.34. The molecule has 9 nitrogen and oxygen atoms in total. The average molecular weight is 338 g/mol. The van der Waals surface area contributed by atoms with Gasteiger partial charge in [-0.05, 0) is 6.42 Å². The predicted molar refractivity (Wildman–Crippen MR) is 92.6 cm³/mol.